The summed E-state index contributed by atoms with van der Waals surface area (Å²) in [5.74, 6) is -13.9. The van der Waals surface area contributed by atoms with E-state index >= 15 is 8.78 Å². The van der Waals surface area contributed by atoms with Crippen molar-refractivity contribution in [2.24, 2.45) is 11.3 Å². The lowest BCUT2D eigenvalue weighted by atomic mass is 9.64. The van der Waals surface area contributed by atoms with Crippen LogP contribution in [0.5, 0.6) is 0 Å². The van der Waals surface area contributed by atoms with Gasteiger partial charge in [-0.25, -0.2) is 0 Å². The first kappa shape index (κ1) is 28.1. The van der Waals surface area contributed by atoms with E-state index in [2.05, 4.69) is 4.74 Å². The van der Waals surface area contributed by atoms with Crippen LogP contribution in [0.15, 0.2) is 0 Å². The van der Waals surface area contributed by atoms with Crippen LogP contribution in [0.2, 0.25) is 0 Å². The van der Waals surface area contributed by atoms with Crippen molar-refractivity contribution in [2.75, 3.05) is 0 Å². The molecule has 1 N–H and O–H groups in total. The lowest BCUT2D eigenvalue weighted by Crippen LogP contribution is -2.81. The van der Waals surface area contributed by atoms with Crippen molar-refractivity contribution in [3.8, 4) is 0 Å². The Balaban J connectivity index is 2.88. The maximum Gasteiger partial charge on any atom is 0.449 e. The molecule has 1 aliphatic heterocycles. The first-order valence-corrected chi connectivity index (χ1v) is 10.9. The predicted molar refractivity (Wildman–Crippen MR) is 100 cm³/mol. The SMILES string of the molecule is CCC(C)(C)C(=O)OC1(C2CCCCC2)CC(CC)(C(F)(F)F)OC(O)(C(F)(F)F)C1(F)F. The molecule has 0 aromatic carbocycles. The fourth-order valence-electron chi connectivity index (χ4n) is 4.60. The fourth-order valence-corrected chi connectivity index (χ4v) is 4.60. The number of hydrogen-bond acceptors (Lipinski definition) is 4. The van der Waals surface area contributed by atoms with Gasteiger partial charge in [0.05, 0.1) is 5.41 Å². The Bertz CT molecular complexity index is 729. The van der Waals surface area contributed by atoms with E-state index in [1.54, 1.807) is 0 Å². The van der Waals surface area contributed by atoms with Crippen molar-refractivity contribution in [1.82, 2.24) is 0 Å². The van der Waals surface area contributed by atoms with Gasteiger partial charge < -0.3 is 14.6 Å². The second-order valence-corrected chi connectivity index (χ2v) is 9.69. The van der Waals surface area contributed by atoms with E-state index in [1.807, 2.05) is 0 Å². The molecular weight excluding hydrogens is 468 g/mol. The number of alkyl halides is 8. The van der Waals surface area contributed by atoms with Gasteiger partial charge in [0.2, 0.25) is 0 Å². The summed E-state index contributed by atoms with van der Waals surface area (Å²) >= 11 is 0. The Morgan fingerprint density at radius 2 is 1.52 bits per heavy atom. The lowest BCUT2D eigenvalue weighted by Gasteiger charge is -2.59. The van der Waals surface area contributed by atoms with Crippen LogP contribution < -0.4 is 0 Å². The van der Waals surface area contributed by atoms with Crippen molar-refractivity contribution in [2.45, 2.75) is 114 Å². The molecule has 0 bridgehead atoms. The number of halogens is 8. The fraction of sp³-hybridized carbons (Fsp3) is 0.952. The molecule has 0 radical (unpaired) electrons. The molecule has 2 fully saturated rings. The molecule has 3 unspecified atom stereocenters. The number of hydrogen-bond donors (Lipinski definition) is 1. The molecule has 0 aromatic rings. The predicted octanol–water partition coefficient (Wildman–Crippen LogP) is 6.30. The Hall–Kier alpha value is -1.17. The Morgan fingerprint density at radius 1 is 1.00 bits per heavy atom. The number of carbonyl (C=O) groups excluding carboxylic acids is 1. The lowest BCUT2D eigenvalue weighted by molar-refractivity contribution is -0.523. The minimum Gasteiger partial charge on any atom is -0.452 e. The van der Waals surface area contributed by atoms with E-state index in [-0.39, 0.29) is 32.1 Å². The Kier molecular flexibility index (Phi) is 7.23. The zero-order chi connectivity index (χ0) is 25.7. The highest BCUT2D eigenvalue weighted by Crippen LogP contribution is 2.64. The van der Waals surface area contributed by atoms with Crippen LogP contribution in [-0.2, 0) is 14.3 Å². The van der Waals surface area contributed by atoms with E-state index < -0.39 is 65.4 Å². The van der Waals surface area contributed by atoms with Crippen LogP contribution >= 0.6 is 0 Å². The Labute approximate surface area is 187 Å². The van der Waals surface area contributed by atoms with E-state index in [4.69, 9.17) is 4.74 Å². The summed E-state index contributed by atoms with van der Waals surface area (Å²) in [4.78, 5) is 12.9. The van der Waals surface area contributed by atoms with Crippen molar-refractivity contribution in [3.63, 3.8) is 0 Å². The summed E-state index contributed by atoms with van der Waals surface area (Å²) in [6.07, 6.45) is -14.2. The van der Waals surface area contributed by atoms with Gasteiger partial charge >= 0.3 is 30.0 Å². The molecule has 1 heterocycles. The van der Waals surface area contributed by atoms with Gasteiger partial charge in [-0.2, -0.15) is 35.1 Å². The average Bonchev–Trinajstić information content (AvgIpc) is 2.70. The van der Waals surface area contributed by atoms with Gasteiger partial charge in [-0.1, -0.05) is 33.1 Å². The van der Waals surface area contributed by atoms with E-state index in [1.165, 1.54) is 20.8 Å². The quantitative estimate of drug-likeness (QED) is 0.357. The molecule has 194 valence electrons. The molecule has 0 amide bonds. The van der Waals surface area contributed by atoms with Gasteiger partial charge in [0.1, 0.15) is 0 Å². The smallest absolute Gasteiger partial charge is 0.449 e. The van der Waals surface area contributed by atoms with Gasteiger partial charge in [-0.15, -0.1) is 0 Å². The van der Waals surface area contributed by atoms with Gasteiger partial charge in [0.25, 0.3) is 0 Å². The third kappa shape index (κ3) is 4.23. The minimum absolute atomic E-state index is 0.0242. The minimum atomic E-state index is -6.32. The molecule has 0 aromatic heterocycles. The maximum atomic E-state index is 15.8. The molecule has 1 saturated heterocycles. The zero-order valence-corrected chi connectivity index (χ0v) is 18.9. The maximum absolute atomic E-state index is 15.8. The molecule has 12 heteroatoms. The molecule has 2 rings (SSSR count). The van der Waals surface area contributed by atoms with Gasteiger partial charge in [-0.05, 0) is 39.5 Å². The third-order valence-corrected chi connectivity index (χ3v) is 7.30. The Morgan fingerprint density at radius 3 is 1.91 bits per heavy atom. The molecule has 4 nitrogen and oxygen atoms in total. The van der Waals surface area contributed by atoms with Crippen molar-refractivity contribution >= 4 is 5.97 Å². The average molecular weight is 498 g/mol. The molecule has 33 heavy (non-hydrogen) atoms. The van der Waals surface area contributed by atoms with Crippen LogP contribution in [-0.4, -0.2) is 46.3 Å². The van der Waals surface area contributed by atoms with Crippen LogP contribution in [0.1, 0.15) is 79.1 Å². The molecule has 2 aliphatic rings. The van der Waals surface area contributed by atoms with Crippen LogP contribution in [0.4, 0.5) is 35.1 Å². The summed E-state index contributed by atoms with van der Waals surface area (Å²) in [5.41, 5.74) is -8.89. The molecule has 1 saturated carbocycles. The highest BCUT2D eigenvalue weighted by Gasteiger charge is 2.87. The first-order valence-electron chi connectivity index (χ1n) is 10.9. The van der Waals surface area contributed by atoms with Crippen molar-refractivity contribution in [1.29, 1.82) is 0 Å². The monoisotopic (exact) mass is 498 g/mol. The molecular formula is C21H30F8O4. The number of rotatable bonds is 5. The highest BCUT2D eigenvalue weighted by molar-refractivity contribution is 5.76. The summed E-state index contributed by atoms with van der Waals surface area (Å²) in [7, 11) is 0. The number of esters is 1. The second kappa shape index (κ2) is 8.49. The first-order chi connectivity index (χ1) is 14.8. The highest BCUT2D eigenvalue weighted by atomic mass is 19.4. The van der Waals surface area contributed by atoms with E-state index in [9.17, 15) is 36.2 Å². The largest absolute Gasteiger partial charge is 0.452 e. The van der Waals surface area contributed by atoms with Crippen molar-refractivity contribution < 1.29 is 54.5 Å². The summed E-state index contributed by atoms with van der Waals surface area (Å²) in [5, 5.41) is 10.2. The standard InChI is InChI=1S/C21H30F8O4/c1-5-15(3,4)14(30)32-17(13-10-8-7-9-11-13)12-16(6-2,20(24,25)26)33-19(31,18(17,22)23)21(27,28)29/h13,31H,5-12H2,1-4H3. The number of ether oxygens (including phenoxy) is 2. The van der Waals surface area contributed by atoms with Crippen LogP contribution in [0, 0.1) is 11.3 Å². The summed E-state index contributed by atoms with van der Waals surface area (Å²) in [6, 6.07) is 0. The normalized spacial score (nSPS) is 34.2. The van der Waals surface area contributed by atoms with Crippen LogP contribution in [0.3, 0.4) is 0 Å². The van der Waals surface area contributed by atoms with E-state index in [0.29, 0.717) is 6.42 Å². The zero-order valence-electron chi connectivity index (χ0n) is 18.9. The molecule has 3 atom stereocenters. The third-order valence-electron chi connectivity index (χ3n) is 7.30. The topological polar surface area (TPSA) is 55.8 Å². The molecule has 0 spiro atoms. The summed E-state index contributed by atoms with van der Waals surface area (Å²) < 4.78 is 125. The molecule has 1 aliphatic carbocycles. The van der Waals surface area contributed by atoms with Gasteiger partial charge in [0, 0.05) is 12.3 Å². The second-order valence-electron chi connectivity index (χ2n) is 9.69. The number of aliphatic hydroxyl groups is 1. The van der Waals surface area contributed by atoms with Gasteiger partial charge in [0.15, 0.2) is 11.2 Å². The van der Waals surface area contributed by atoms with Crippen LogP contribution in [0.25, 0.3) is 0 Å². The van der Waals surface area contributed by atoms with Gasteiger partial charge in [-0.3, -0.25) is 4.79 Å². The van der Waals surface area contributed by atoms with E-state index in [0.717, 1.165) is 6.92 Å². The summed E-state index contributed by atoms with van der Waals surface area (Å²) in [6.45, 7) is 4.88. The van der Waals surface area contributed by atoms with Crippen molar-refractivity contribution in [3.05, 3.63) is 0 Å². The number of carbonyl (C=O) groups is 1.